The van der Waals surface area contributed by atoms with Gasteiger partial charge in [-0.3, -0.25) is 0 Å². The van der Waals surface area contributed by atoms with Crippen LogP contribution in [0, 0.1) is 11.3 Å². The number of benzene rings is 1. The third-order valence-corrected chi connectivity index (χ3v) is 2.58. The highest BCUT2D eigenvalue weighted by Crippen LogP contribution is 2.11. The Kier molecular flexibility index (Phi) is 3.51. The molecule has 0 saturated heterocycles. The van der Waals surface area contributed by atoms with Crippen LogP contribution >= 0.6 is 12.2 Å². The molecular formula is C13H10N4S. The molecule has 0 aliphatic rings. The van der Waals surface area contributed by atoms with E-state index in [9.17, 15) is 0 Å². The molecule has 0 spiro atoms. The van der Waals surface area contributed by atoms with E-state index in [1.807, 2.05) is 42.6 Å². The quantitative estimate of drug-likeness (QED) is 0.517. The van der Waals surface area contributed by atoms with Gasteiger partial charge in [-0.05, 0) is 29.8 Å². The number of nitriles is 1. The third-order valence-electron chi connectivity index (χ3n) is 2.36. The molecule has 0 radical (unpaired) electrons. The van der Waals surface area contributed by atoms with Crippen LogP contribution in [-0.2, 0) is 0 Å². The molecule has 0 fully saturated rings. The van der Waals surface area contributed by atoms with Crippen molar-refractivity contribution in [2.75, 3.05) is 0 Å². The van der Waals surface area contributed by atoms with Gasteiger partial charge in [-0.1, -0.05) is 24.4 Å². The average Bonchev–Trinajstić information content (AvgIpc) is 2.90. The van der Waals surface area contributed by atoms with Crippen LogP contribution in [0.1, 0.15) is 5.56 Å². The summed E-state index contributed by atoms with van der Waals surface area (Å²) < 4.78 is 1.76. The molecule has 18 heavy (non-hydrogen) atoms. The van der Waals surface area contributed by atoms with Gasteiger partial charge in [0.05, 0.1) is 11.3 Å². The zero-order valence-corrected chi connectivity index (χ0v) is 10.3. The highest BCUT2D eigenvalue weighted by molar-refractivity contribution is 7.80. The zero-order valence-electron chi connectivity index (χ0n) is 9.45. The van der Waals surface area contributed by atoms with E-state index >= 15 is 0 Å². The molecule has 0 atom stereocenters. The van der Waals surface area contributed by atoms with Gasteiger partial charge in [0.2, 0.25) is 0 Å². The van der Waals surface area contributed by atoms with Gasteiger partial charge < -0.3 is 5.73 Å². The molecule has 0 unspecified atom stereocenters. The lowest BCUT2D eigenvalue weighted by atomic mass is 10.1. The molecule has 1 heterocycles. The van der Waals surface area contributed by atoms with Crippen molar-refractivity contribution in [3.8, 4) is 11.8 Å². The second-order valence-corrected chi connectivity index (χ2v) is 4.02. The number of rotatable bonds is 3. The van der Waals surface area contributed by atoms with Gasteiger partial charge in [0, 0.05) is 12.4 Å². The van der Waals surface area contributed by atoms with E-state index in [2.05, 4.69) is 5.10 Å². The Hall–Kier alpha value is -2.45. The number of nitrogens with zero attached hydrogens (tertiary/aromatic N) is 3. The first kappa shape index (κ1) is 12.0. The van der Waals surface area contributed by atoms with Crippen molar-refractivity contribution in [3.05, 3.63) is 53.9 Å². The average molecular weight is 254 g/mol. The maximum atomic E-state index is 8.86. The Balaban J connectivity index is 2.29. The van der Waals surface area contributed by atoms with Gasteiger partial charge in [0.1, 0.15) is 11.1 Å². The first-order valence-electron chi connectivity index (χ1n) is 5.22. The van der Waals surface area contributed by atoms with Gasteiger partial charge >= 0.3 is 0 Å². The van der Waals surface area contributed by atoms with E-state index < -0.39 is 0 Å². The van der Waals surface area contributed by atoms with Gasteiger partial charge in [-0.15, -0.1) is 0 Å². The van der Waals surface area contributed by atoms with Crippen LogP contribution in [0.3, 0.4) is 0 Å². The van der Waals surface area contributed by atoms with Crippen molar-refractivity contribution < 1.29 is 0 Å². The standard InChI is InChI=1S/C13H10N4S/c14-9-11(13(15)18)8-10-2-4-12(5-3-10)17-7-1-6-16-17/h1-8H,(H2,15,18). The Morgan fingerprint density at radius 1 is 1.39 bits per heavy atom. The summed E-state index contributed by atoms with van der Waals surface area (Å²) in [5.74, 6) is 0. The summed E-state index contributed by atoms with van der Waals surface area (Å²) in [5.41, 5.74) is 7.55. The molecule has 0 bridgehead atoms. The normalized spacial score (nSPS) is 10.9. The molecule has 2 aromatic rings. The number of nitrogens with two attached hydrogens (primary N) is 1. The Labute approximate surface area is 110 Å². The topological polar surface area (TPSA) is 67.6 Å². The van der Waals surface area contributed by atoms with Crippen LogP contribution in [0.5, 0.6) is 0 Å². The SMILES string of the molecule is N#CC(=Cc1ccc(-n2cccn2)cc1)C(N)=S. The van der Waals surface area contributed by atoms with Gasteiger partial charge in [-0.2, -0.15) is 10.4 Å². The summed E-state index contributed by atoms with van der Waals surface area (Å²) in [7, 11) is 0. The highest BCUT2D eigenvalue weighted by Gasteiger charge is 2.00. The molecule has 0 saturated carbocycles. The fourth-order valence-electron chi connectivity index (χ4n) is 1.47. The molecule has 4 nitrogen and oxygen atoms in total. The molecule has 1 aromatic heterocycles. The molecule has 2 rings (SSSR count). The number of hydrogen-bond acceptors (Lipinski definition) is 3. The van der Waals surface area contributed by atoms with Crippen molar-refractivity contribution in [2.24, 2.45) is 5.73 Å². The second kappa shape index (κ2) is 5.25. The lowest BCUT2D eigenvalue weighted by Gasteiger charge is -2.02. The van der Waals surface area contributed by atoms with Crippen molar-refractivity contribution in [3.63, 3.8) is 0 Å². The second-order valence-electron chi connectivity index (χ2n) is 3.58. The van der Waals surface area contributed by atoms with Crippen LogP contribution in [0.15, 0.2) is 48.3 Å². The first-order valence-corrected chi connectivity index (χ1v) is 5.63. The van der Waals surface area contributed by atoms with Gasteiger partial charge in [0.25, 0.3) is 0 Å². The molecule has 1 aromatic carbocycles. The zero-order chi connectivity index (χ0) is 13.0. The Morgan fingerprint density at radius 2 is 2.11 bits per heavy atom. The molecule has 0 aliphatic carbocycles. The lowest BCUT2D eigenvalue weighted by molar-refractivity contribution is 0.880. The fraction of sp³-hybridized carbons (Fsp3) is 0. The summed E-state index contributed by atoms with van der Waals surface area (Å²) in [4.78, 5) is 0.105. The predicted octanol–water partition coefficient (Wildman–Crippen LogP) is 2.07. The molecule has 2 N–H and O–H groups in total. The monoisotopic (exact) mass is 254 g/mol. The van der Waals surface area contributed by atoms with E-state index in [1.54, 1.807) is 17.0 Å². The minimum Gasteiger partial charge on any atom is -0.389 e. The minimum absolute atomic E-state index is 0.105. The van der Waals surface area contributed by atoms with Crippen molar-refractivity contribution in [1.29, 1.82) is 5.26 Å². The smallest absolute Gasteiger partial charge is 0.114 e. The van der Waals surface area contributed by atoms with E-state index in [0.717, 1.165) is 11.3 Å². The van der Waals surface area contributed by atoms with Gasteiger partial charge in [0.15, 0.2) is 0 Å². The maximum Gasteiger partial charge on any atom is 0.114 e. The maximum absolute atomic E-state index is 8.86. The molecule has 0 aliphatic heterocycles. The van der Waals surface area contributed by atoms with Gasteiger partial charge in [-0.25, -0.2) is 4.68 Å². The summed E-state index contributed by atoms with van der Waals surface area (Å²) in [6.45, 7) is 0. The van der Waals surface area contributed by atoms with Crippen LogP contribution in [-0.4, -0.2) is 14.8 Å². The number of hydrogen-bond donors (Lipinski definition) is 1. The summed E-state index contributed by atoms with van der Waals surface area (Å²) in [6, 6.07) is 11.4. The van der Waals surface area contributed by atoms with Crippen molar-refractivity contribution >= 4 is 23.3 Å². The van der Waals surface area contributed by atoms with Crippen molar-refractivity contribution in [2.45, 2.75) is 0 Å². The highest BCUT2D eigenvalue weighted by atomic mass is 32.1. The Morgan fingerprint density at radius 3 is 2.61 bits per heavy atom. The van der Waals surface area contributed by atoms with Crippen LogP contribution in [0.4, 0.5) is 0 Å². The largest absolute Gasteiger partial charge is 0.389 e. The first-order chi connectivity index (χ1) is 8.70. The van der Waals surface area contributed by atoms with E-state index in [4.69, 9.17) is 23.2 Å². The summed E-state index contributed by atoms with van der Waals surface area (Å²) in [5, 5.41) is 13.0. The molecular weight excluding hydrogens is 244 g/mol. The lowest BCUT2D eigenvalue weighted by Crippen LogP contribution is -2.09. The van der Waals surface area contributed by atoms with E-state index in [-0.39, 0.29) is 4.99 Å². The minimum atomic E-state index is 0.105. The third kappa shape index (κ3) is 2.62. The van der Waals surface area contributed by atoms with Crippen LogP contribution in [0.25, 0.3) is 11.8 Å². The fourth-order valence-corrected chi connectivity index (χ4v) is 1.57. The number of aromatic nitrogens is 2. The Bertz CT molecular complexity index is 618. The number of thiocarbonyl (C=S) groups is 1. The molecule has 0 amide bonds. The van der Waals surface area contributed by atoms with Crippen molar-refractivity contribution in [1.82, 2.24) is 9.78 Å². The predicted molar refractivity (Wildman–Crippen MR) is 73.9 cm³/mol. The summed E-state index contributed by atoms with van der Waals surface area (Å²) >= 11 is 4.78. The van der Waals surface area contributed by atoms with E-state index in [1.165, 1.54) is 0 Å². The van der Waals surface area contributed by atoms with Crippen LogP contribution in [0.2, 0.25) is 0 Å². The van der Waals surface area contributed by atoms with Crippen LogP contribution < -0.4 is 5.73 Å². The molecule has 88 valence electrons. The summed E-state index contributed by atoms with van der Waals surface area (Å²) in [6.07, 6.45) is 5.24. The van der Waals surface area contributed by atoms with E-state index in [0.29, 0.717) is 5.57 Å². The molecule has 5 heteroatoms.